The van der Waals surface area contributed by atoms with Gasteiger partial charge < -0.3 is 5.32 Å². The molecule has 0 heterocycles. The first kappa shape index (κ1) is 15.7. The Bertz CT molecular complexity index is 623. The number of rotatable bonds is 4. The highest BCUT2D eigenvalue weighted by molar-refractivity contribution is 5.40. The number of halogens is 1. The summed E-state index contributed by atoms with van der Waals surface area (Å²) in [6.45, 7) is 10.9. The van der Waals surface area contributed by atoms with E-state index in [4.69, 9.17) is 0 Å². The summed E-state index contributed by atoms with van der Waals surface area (Å²) >= 11 is 0. The van der Waals surface area contributed by atoms with Gasteiger partial charge in [0.05, 0.1) is 6.04 Å². The summed E-state index contributed by atoms with van der Waals surface area (Å²) in [7, 11) is 0. The fourth-order valence-corrected chi connectivity index (χ4v) is 2.72. The molecule has 1 unspecified atom stereocenters. The fourth-order valence-electron chi connectivity index (χ4n) is 2.72. The van der Waals surface area contributed by atoms with Crippen LogP contribution < -0.4 is 5.32 Å². The summed E-state index contributed by atoms with van der Waals surface area (Å²) < 4.78 is 13.9. The number of benzene rings is 2. The van der Waals surface area contributed by atoms with Gasteiger partial charge in [-0.2, -0.15) is 0 Å². The van der Waals surface area contributed by atoms with Crippen molar-refractivity contribution < 1.29 is 4.39 Å². The van der Waals surface area contributed by atoms with Crippen molar-refractivity contribution in [3.05, 3.63) is 69.5 Å². The third-order valence-electron chi connectivity index (χ3n) is 4.06. The Hall–Kier alpha value is -1.67. The van der Waals surface area contributed by atoms with E-state index >= 15 is 0 Å². The topological polar surface area (TPSA) is 12.0 Å². The van der Waals surface area contributed by atoms with Gasteiger partial charge in [-0.05, 0) is 67.6 Å². The quantitative estimate of drug-likeness (QED) is 0.854. The molecule has 2 heteroatoms. The Kier molecular flexibility index (Phi) is 4.79. The molecule has 0 aliphatic rings. The molecule has 2 aromatic carbocycles. The molecule has 0 aliphatic heterocycles. The van der Waals surface area contributed by atoms with Gasteiger partial charge in [-0.25, -0.2) is 4.39 Å². The number of hydrogen-bond acceptors (Lipinski definition) is 1. The minimum atomic E-state index is -0.103. The number of aryl methyl sites for hydroxylation is 4. The molecule has 1 N–H and O–H groups in total. The average molecular weight is 285 g/mol. The Labute approximate surface area is 127 Å². The molecule has 112 valence electrons. The molecule has 21 heavy (non-hydrogen) atoms. The summed E-state index contributed by atoms with van der Waals surface area (Å²) in [5.74, 6) is -0.103. The van der Waals surface area contributed by atoms with Crippen molar-refractivity contribution in [3.63, 3.8) is 0 Å². The van der Waals surface area contributed by atoms with Gasteiger partial charge in [-0.1, -0.05) is 37.3 Å². The molecule has 2 rings (SSSR count). The van der Waals surface area contributed by atoms with Crippen LogP contribution in [0.5, 0.6) is 0 Å². The lowest BCUT2D eigenvalue weighted by Gasteiger charge is -2.21. The third kappa shape index (κ3) is 3.33. The summed E-state index contributed by atoms with van der Waals surface area (Å²) in [6, 6.07) is 10.5. The van der Waals surface area contributed by atoms with Crippen LogP contribution in [0.15, 0.2) is 30.3 Å². The van der Waals surface area contributed by atoms with Gasteiger partial charge in [0.25, 0.3) is 0 Å². The van der Waals surface area contributed by atoms with Crippen LogP contribution >= 0.6 is 0 Å². The highest BCUT2D eigenvalue weighted by atomic mass is 19.1. The first-order valence-corrected chi connectivity index (χ1v) is 7.51. The van der Waals surface area contributed by atoms with E-state index in [9.17, 15) is 4.39 Å². The third-order valence-corrected chi connectivity index (χ3v) is 4.06. The van der Waals surface area contributed by atoms with Crippen LogP contribution in [0.3, 0.4) is 0 Å². The lowest BCUT2D eigenvalue weighted by molar-refractivity contribution is 0.598. The molecule has 0 saturated heterocycles. The second-order valence-electron chi connectivity index (χ2n) is 5.80. The monoisotopic (exact) mass is 285 g/mol. The molecule has 0 aromatic heterocycles. The van der Waals surface area contributed by atoms with Crippen molar-refractivity contribution >= 4 is 0 Å². The minimum Gasteiger partial charge on any atom is -0.307 e. The lowest BCUT2D eigenvalue weighted by atomic mass is 9.93. The molecular weight excluding hydrogens is 261 g/mol. The van der Waals surface area contributed by atoms with Gasteiger partial charge >= 0.3 is 0 Å². The predicted octanol–water partition coefficient (Wildman–Crippen LogP) is 4.76. The van der Waals surface area contributed by atoms with Crippen LogP contribution in [0.2, 0.25) is 0 Å². The second-order valence-corrected chi connectivity index (χ2v) is 5.80. The average Bonchev–Trinajstić information content (AvgIpc) is 2.45. The van der Waals surface area contributed by atoms with Crippen molar-refractivity contribution in [2.75, 3.05) is 6.54 Å². The van der Waals surface area contributed by atoms with Crippen molar-refractivity contribution in [1.82, 2.24) is 5.32 Å². The van der Waals surface area contributed by atoms with E-state index in [1.165, 1.54) is 16.7 Å². The van der Waals surface area contributed by atoms with E-state index in [2.05, 4.69) is 44.3 Å². The van der Waals surface area contributed by atoms with Crippen LogP contribution in [-0.4, -0.2) is 6.54 Å². The second kappa shape index (κ2) is 6.40. The van der Waals surface area contributed by atoms with E-state index in [1.54, 1.807) is 0 Å². The van der Waals surface area contributed by atoms with Crippen LogP contribution in [0.25, 0.3) is 0 Å². The number of nitrogens with one attached hydrogen (secondary N) is 1. The predicted molar refractivity (Wildman–Crippen MR) is 87.3 cm³/mol. The summed E-state index contributed by atoms with van der Waals surface area (Å²) in [4.78, 5) is 0. The normalized spacial score (nSPS) is 12.5. The Morgan fingerprint density at radius 2 is 1.43 bits per heavy atom. The van der Waals surface area contributed by atoms with Gasteiger partial charge in [0, 0.05) is 0 Å². The van der Waals surface area contributed by atoms with Gasteiger partial charge in [-0.15, -0.1) is 0 Å². The molecule has 2 aromatic rings. The molecule has 0 aliphatic carbocycles. The number of hydrogen-bond donors (Lipinski definition) is 1. The Morgan fingerprint density at radius 3 is 1.95 bits per heavy atom. The lowest BCUT2D eigenvalue weighted by Crippen LogP contribution is -2.22. The highest BCUT2D eigenvalue weighted by Crippen LogP contribution is 2.27. The van der Waals surface area contributed by atoms with Crippen LogP contribution in [0, 0.1) is 33.5 Å². The summed E-state index contributed by atoms with van der Waals surface area (Å²) in [5, 5.41) is 3.51. The zero-order valence-corrected chi connectivity index (χ0v) is 13.5. The standard InChI is InChI=1S/C19H24FN/c1-6-21-19(16-8-7-12(2)13(3)9-16)17-10-14(4)18(20)15(5)11-17/h7-11,19,21H,6H2,1-5H3. The molecule has 0 spiro atoms. The maximum absolute atomic E-state index is 13.9. The zero-order valence-electron chi connectivity index (χ0n) is 13.5. The molecule has 0 saturated carbocycles. The summed E-state index contributed by atoms with van der Waals surface area (Å²) in [5.41, 5.74) is 6.33. The minimum absolute atomic E-state index is 0.103. The van der Waals surface area contributed by atoms with Crippen LogP contribution in [0.1, 0.15) is 46.3 Å². The van der Waals surface area contributed by atoms with E-state index in [0.717, 1.165) is 12.1 Å². The molecule has 0 fully saturated rings. The van der Waals surface area contributed by atoms with Crippen LogP contribution in [-0.2, 0) is 0 Å². The SMILES string of the molecule is CCNC(c1ccc(C)c(C)c1)c1cc(C)c(F)c(C)c1. The van der Waals surface area contributed by atoms with Crippen molar-refractivity contribution in [3.8, 4) is 0 Å². The smallest absolute Gasteiger partial charge is 0.129 e. The van der Waals surface area contributed by atoms with E-state index in [1.807, 2.05) is 26.0 Å². The molecule has 1 atom stereocenters. The Balaban J connectivity index is 2.50. The van der Waals surface area contributed by atoms with Gasteiger partial charge in [0.2, 0.25) is 0 Å². The van der Waals surface area contributed by atoms with E-state index in [-0.39, 0.29) is 11.9 Å². The first-order valence-electron chi connectivity index (χ1n) is 7.51. The fraction of sp³-hybridized carbons (Fsp3) is 0.368. The first-order chi connectivity index (χ1) is 9.93. The van der Waals surface area contributed by atoms with Crippen molar-refractivity contribution in [1.29, 1.82) is 0 Å². The van der Waals surface area contributed by atoms with Gasteiger partial charge in [0.15, 0.2) is 0 Å². The van der Waals surface area contributed by atoms with E-state index < -0.39 is 0 Å². The molecule has 1 nitrogen and oxygen atoms in total. The zero-order chi connectivity index (χ0) is 15.6. The van der Waals surface area contributed by atoms with Crippen molar-refractivity contribution in [2.24, 2.45) is 0 Å². The van der Waals surface area contributed by atoms with Gasteiger partial charge in [-0.3, -0.25) is 0 Å². The highest BCUT2D eigenvalue weighted by Gasteiger charge is 2.16. The van der Waals surface area contributed by atoms with Crippen molar-refractivity contribution in [2.45, 2.75) is 40.7 Å². The van der Waals surface area contributed by atoms with E-state index in [0.29, 0.717) is 11.1 Å². The van der Waals surface area contributed by atoms with Crippen LogP contribution in [0.4, 0.5) is 4.39 Å². The maximum Gasteiger partial charge on any atom is 0.129 e. The summed E-state index contributed by atoms with van der Waals surface area (Å²) in [6.07, 6.45) is 0. The molecule has 0 amide bonds. The largest absolute Gasteiger partial charge is 0.307 e. The molecular formula is C19H24FN. The Morgan fingerprint density at radius 1 is 0.857 bits per heavy atom. The molecule has 0 bridgehead atoms. The van der Waals surface area contributed by atoms with Gasteiger partial charge in [0.1, 0.15) is 5.82 Å². The maximum atomic E-state index is 13.9. The molecule has 0 radical (unpaired) electrons.